The molecule has 0 saturated heterocycles. The van der Waals surface area contributed by atoms with E-state index < -0.39 is 16.6 Å². The van der Waals surface area contributed by atoms with Crippen molar-refractivity contribution in [2.75, 3.05) is 7.11 Å². The number of ether oxygens (including phenoxy) is 1. The van der Waals surface area contributed by atoms with E-state index in [1.165, 1.54) is 38.5 Å². The predicted molar refractivity (Wildman–Crippen MR) is 106 cm³/mol. The quantitative estimate of drug-likeness (QED) is 0.209. The third kappa shape index (κ3) is 13.7. The third-order valence-electron chi connectivity index (χ3n) is 3.25. The Morgan fingerprint density at radius 3 is 1.61 bits per heavy atom. The molecular formula is C18H40O3Si2. The molecule has 138 valence electrons. The lowest BCUT2D eigenvalue weighted by molar-refractivity contribution is 0.121. The average molecular weight is 361 g/mol. The molecule has 0 saturated carbocycles. The van der Waals surface area contributed by atoms with Gasteiger partial charge in [0.2, 0.25) is 16.6 Å². The van der Waals surface area contributed by atoms with E-state index in [2.05, 4.69) is 46.2 Å². The number of allylic oxidation sites excluding steroid dienone is 1. The van der Waals surface area contributed by atoms with E-state index in [-0.39, 0.29) is 0 Å². The molecule has 0 aromatic rings. The fourth-order valence-electron chi connectivity index (χ4n) is 2.30. The molecule has 3 nitrogen and oxygen atoms in total. The van der Waals surface area contributed by atoms with Gasteiger partial charge in [0.25, 0.3) is 0 Å². The molecule has 23 heavy (non-hydrogen) atoms. The normalized spacial score (nSPS) is 13.6. The highest BCUT2D eigenvalue weighted by molar-refractivity contribution is 6.70. The zero-order valence-corrected chi connectivity index (χ0v) is 18.9. The van der Waals surface area contributed by atoms with Crippen LogP contribution in [0.25, 0.3) is 0 Å². The highest BCUT2D eigenvalue weighted by Gasteiger charge is 2.25. The van der Waals surface area contributed by atoms with Gasteiger partial charge in [-0.1, -0.05) is 45.4 Å². The van der Waals surface area contributed by atoms with E-state index >= 15 is 0 Å². The van der Waals surface area contributed by atoms with Gasteiger partial charge >= 0.3 is 5.95 Å². The van der Waals surface area contributed by atoms with Crippen molar-refractivity contribution in [3.63, 3.8) is 0 Å². The Labute approximate surface area is 147 Å². The van der Waals surface area contributed by atoms with Gasteiger partial charge in [-0.25, -0.2) is 0 Å². The summed E-state index contributed by atoms with van der Waals surface area (Å²) in [6, 6.07) is 0. The number of hydrogen-bond acceptors (Lipinski definition) is 3. The van der Waals surface area contributed by atoms with Gasteiger partial charge in [0.05, 0.1) is 7.11 Å². The second kappa shape index (κ2) is 11.2. The maximum atomic E-state index is 6.27. The van der Waals surface area contributed by atoms with Crippen molar-refractivity contribution in [2.24, 2.45) is 0 Å². The summed E-state index contributed by atoms with van der Waals surface area (Å²) in [7, 11) is -1.67. The molecule has 0 aromatic carbocycles. The number of rotatable bonds is 13. The van der Waals surface area contributed by atoms with E-state index in [0.717, 1.165) is 18.6 Å². The van der Waals surface area contributed by atoms with E-state index in [1.807, 2.05) is 0 Å². The molecule has 0 N–H and O–H groups in total. The Morgan fingerprint density at radius 1 is 0.696 bits per heavy atom. The molecule has 0 atom stereocenters. The first-order valence-electron chi connectivity index (χ1n) is 9.24. The van der Waals surface area contributed by atoms with Crippen LogP contribution >= 0.6 is 0 Å². The summed E-state index contributed by atoms with van der Waals surface area (Å²) >= 11 is 0. The predicted octanol–water partition coefficient (Wildman–Crippen LogP) is 6.65. The maximum absolute atomic E-state index is 6.27. The largest absolute Gasteiger partial charge is 0.542 e. The second-order valence-electron chi connectivity index (χ2n) is 8.21. The summed E-state index contributed by atoms with van der Waals surface area (Å²) in [5.74, 6) is 1.56. The van der Waals surface area contributed by atoms with Crippen LogP contribution in [0.4, 0.5) is 0 Å². The van der Waals surface area contributed by atoms with Crippen molar-refractivity contribution in [3.05, 3.63) is 11.7 Å². The summed E-state index contributed by atoms with van der Waals surface area (Å²) in [5, 5.41) is 0. The van der Waals surface area contributed by atoms with Crippen molar-refractivity contribution >= 4 is 16.6 Å². The molecule has 0 fully saturated rings. The first-order valence-corrected chi connectivity index (χ1v) is 16.1. The van der Waals surface area contributed by atoms with Gasteiger partial charge in [0.1, 0.15) is 0 Å². The number of methoxy groups -OCH3 is 1. The van der Waals surface area contributed by atoms with Gasteiger partial charge in [-0.3, -0.25) is 0 Å². The Morgan fingerprint density at radius 2 is 1.17 bits per heavy atom. The third-order valence-corrected chi connectivity index (χ3v) is 4.91. The van der Waals surface area contributed by atoms with Gasteiger partial charge in [-0.2, -0.15) is 0 Å². The first kappa shape index (κ1) is 22.6. The lowest BCUT2D eigenvalue weighted by Crippen LogP contribution is -2.29. The molecule has 0 spiro atoms. The molecule has 0 radical (unpaired) electrons. The van der Waals surface area contributed by atoms with Crippen LogP contribution in [-0.2, 0) is 13.6 Å². The summed E-state index contributed by atoms with van der Waals surface area (Å²) in [6.07, 6.45) is 10.0. The molecule has 0 rings (SSSR count). The van der Waals surface area contributed by atoms with Crippen LogP contribution in [0.15, 0.2) is 11.7 Å². The minimum absolute atomic E-state index is 0.623. The standard InChI is InChI=1S/C18H40O3Si2/c1-9-10-11-12-13-14-15-16-17(20-22(3,4)5)18(19-2)21-23(6,7)8/h9-16H2,1-8H3/b18-17-. The maximum Gasteiger partial charge on any atom is 0.303 e. The van der Waals surface area contributed by atoms with Crippen molar-refractivity contribution in [3.8, 4) is 0 Å². The molecule has 0 aliphatic rings. The number of hydrogen-bond donors (Lipinski definition) is 0. The van der Waals surface area contributed by atoms with Crippen molar-refractivity contribution in [1.29, 1.82) is 0 Å². The van der Waals surface area contributed by atoms with Gasteiger partial charge in [-0.15, -0.1) is 0 Å². The van der Waals surface area contributed by atoms with E-state index in [4.69, 9.17) is 13.6 Å². The Bertz CT molecular complexity index is 341. The van der Waals surface area contributed by atoms with Crippen molar-refractivity contribution in [1.82, 2.24) is 0 Å². The van der Waals surface area contributed by atoms with E-state index in [1.54, 1.807) is 7.11 Å². The second-order valence-corrected chi connectivity index (χ2v) is 17.1. The van der Waals surface area contributed by atoms with Crippen LogP contribution in [0.2, 0.25) is 39.3 Å². The van der Waals surface area contributed by atoms with Gasteiger partial charge < -0.3 is 13.6 Å². The molecule has 0 heterocycles. The summed E-state index contributed by atoms with van der Waals surface area (Å²) < 4.78 is 17.9. The molecule has 0 unspecified atom stereocenters. The average Bonchev–Trinajstić information content (AvgIpc) is 2.40. The molecule has 0 amide bonds. The van der Waals surface area contributed by atoms with E-state index in [9.17, 15) is 0 Å². The van der Waals surface area contributed by atoms with Crippen molar-refractivity contribution in [2.45, 2.75) is 97.6 Å². The van der Waals surface area contributed by atoms with Gasteiger partial charge in [0, 0.05) is 6.42 Å². The first-order chi connectivity index (χ1) is 10.6. The summed E-state index contributed by atoms with van der Waals surface area (Å²) in [6.45, 7) is 15.4. The summed E-state index contributed by atoms with van der Waals surface area (Å²) in [4.78, 5) is 0. The minimum Gasteiger partial charge on any atom is -0.542 e. The molecular weight excluding hydrogens is 320 g/mol. The van der Waals surface area contributed by atoms with Crippen LogP contribution in [0.1, 0.15) is 58.3 Å². The van der Waals surface area contributed by atoms with E-state index in [0.29, 0.717) is 5.95 Å². The fourth-order valence-corrected chi connectivity index (χ4v) is 3.98. The van der Waals surface area contributed by atoms with Crippen LogP contribution < -0.4 is 0 Å². The Kier molecular flexibility index (Phi) is 11.0. The topological polar surface area (TPSA) is 27.7 Å². The van der Waals surface area contributed by atoms with Crippen molar-refractivity contribution < 1.29 is 13.6 Å². The molecule has 0 bridgehead atoms. The molecule has 5 heteroatoms. The van der Waals surface area contributed by atoms with Crippen LogP contribution in [0.5, 0.6) is 0 Å². The highest BCUT2D eigenvalue weighted by Crippen LogP contribution is 2.24. The van der Waals surface area contributed by atoms with Crippen LogP contribution in [-0.4, -0.2) is 23.7 Å². The highest BCUT2D eigenvalue weighted by atomic mass is 28.4. The molecule has 0 aliphatic heterocycles. The van der Waals surface area contributed by atoms with Crippen LogP contribution in [0, 0.1) is 0 Å². The van der Waals surface area contributed by atoms with Gasteiger partial charge in [0.15, 0.2) is 5.76 Å². The Hall–Kier alpha value is -0.426. The smallest absolute Gasteiger partial charge is 0.303 e. The zero-order valence-electron chi connectivity index (χ0n) is 16.9. The lowest BCUT2D eigenvalue weighted by atomic mass is 10.1. The monoisotopic (exact) mass is 360 g/mol. The fraction of sp³-hybridized carbons (Fsp3) is 0.889. The number of unbranched alkanes of at least 4 members (excludes halogenated alkanes) is 6. The minimum atomic E-state index is -1.70. The zero-order chi connectivity index (χ0) is 17.9. The SMILES string of the molecule is CCCCCCCCC/C(O[Si](C)(C)C)=C(\OC)O[Si](C)(C)C. The molecule has 0 aliphatic carbocycles. The molecule has 0 aromatic heterocycles. The lowest BCUT2D eigenvalue weighted by Gasteiger charge is -2.27. The van der Waals surface area contributed by atoms with Gasteiger partial charge in [-0.05, 0) is 45.7 Å². The Balaban J connectivity index is 4.62. The summed E-state index contributed by atoms with van der Waals surface area (Å²) in [5.41, 5.74) is 0. The van der Waals surface area contributed by atoms with Crippen LogP contribution in [0.3, 0.4) is 0 Å².